The Balaban J connectivity index is 1.64. The molecule has 0 unspecified atom stereocenters. The number of hydrogen-bond donors (Lipinski definition) is 1. The fourth-order valence-electron chi connectivity index (χ4n) is 3.50. The molecule has 0 fully saturated rings. The van der Waals surface area contributed by atoms with Crippen LogP contribution in [0.4, 0.5) is 5.69 Å². The van der Waals surface area contributed by atoms with Gasteiger partial charge in [0.1, 0.15) is 10.6 Å². The molecule has 0 spiro atoms. The largest absolute Gasteiger partial charge is 0.495 e. The number of hydrogen-bond acceptors (Lipinski definition) is 5. The highest BCUT2D eigenvalue weighted by Crippen LogP contribution is 2.32. The van der Waals surface area contributed by atoms with Crippen LogP contribution in [0.3, 0.4) is 0 Å². The summed E-state index contributed by atoms with van der Waals surface area (Å²) in [5.41, 5.74) is 2.68. The van der Waals surface area contributed by atoms with Crippen molar-refractivity contribution in [3.63, 3.8) is 0 Å². The molecule has 4 aromatic rings. The Kier molecular flexibility index (Phi) is 6.40. The standard InChI is InChI=1S/C24H23ClN4O3S/c1-14-17-12-21(33-24(17)29(27-14)13-16-7-5-6-8-18(16)25)22(30)26-19-11-15(23(31)28(2)3)9-10-20(19)32-4/h5-12H,13H2,1-4H3,(H,26,30). The van der Waals surface area contributed by atoms with Crippen molar-refractivity contribution in [1.82, 2.24) is 14.7 Å². The van der Waals surface area contributed by atoms with Gasteiger partial charge in [0.2, 0.25) is 0 Å². The van der Waals surface area contributed by atoms with Gasteiger partial charge in [0.15, 0.2) is 0 Å². The van der Waals surface area contributed by atoms with Crippen molar-refractivity contribution >= 4 is 50.7 Å². The summed E-state index contributed by atoms with van der Waals surface area (Å²) in [7, 11) is 4.87. The Morgan fingerprint density at radius 2 is 1.94 bits per heavy atom. The van der Waals surface area contributed by atoms with Crippen LogP contribution in [0.2, 0.25) is 5.02 Å². The average molecular weight is 483 g/mol. The van der Waals surface area contributed by atoms with Gasteiger partial charge in [-0.3, -0.25) is 14.3 Å². The first kappa shape index (κ1) is 22.8. The van der Waals surface area contributed by atoms with Gasteiger partial charge in [-0.25, -0.2) is 0 Å². The lowest BCUT2D eigenvalue weighted by Crippen LogP contribution is -2.22. The molecule has 0 saturated carbocycles. The third-order valence-corrected chi connectivity index (χ3v) is 6.73. The zero-order valence-electron chi connectivity index (χ0n) is 18.7. The molecule has 170 valence electrons. The lowest BCUT2D eigenvalue weighted by Gasteiger charge is -2.14. The van der Waals surface area contributed by atoms with E-state index in [0.717, 1.165) is 21.5 Å². The Morgan fingerprint density at radius 1 is 1.18 bits per heavy atom. The van der Waals surface area contributed by atoms with Crippen molar-refractivity contribution < 1.29 is 14.3 Å². The van der Waals surface area contributed by atoms with E-state index >= 15 is 0 Å². The molecule has 7 nitrogen and oxygen atoms in total. The molecule has 4 rings (SSSR count). The van der Waals surface area contributed by atoms with Crippen molar-refractivity contribution in [2.24, 2.45) is 0 Å². The zero-order valence-corrected chi connectivity index (χ0v) is 20.3. The van der Waals surface area contributed by atoms with Crippen LogP contribution in [-0.2, 0) is 6.54 Å². The lowest BCUT2D eigenvalue weighted by atomic mass is 10.1. The van der Waals surface area contributed by atoms with Gasteiger partial charge in [0.05, 0.1) is 29.9 Å². The lowest BCUT2D eigenvalue weighted by molar-refractivity contribution is 0.0827. The third kappa shape index (κ3) is 4.58. The minimum absolute atomic E-state index is 0.162. The van der Waals surface area contributed by atoms with Crippen LogP contribution in [0.1, 0.15) is 31.3 Å². The molecule has 2 aromatic carbocycles. The zero-order chi connectivity index (χ0) is 23.7. The monoisotopic (exact) mass is 482 g/mol. The first-order chi connectivity index (χ1) is 15.8. The van der Waals surface area contributed by atoms with E-state index in [1.54, 1.807) is 32.3 Å². The van der Waals surface area contributed by atoms with Crippen LogP contribution in [0.15, 0.2) is 48.5 Å². The van der Waals surface area contributed by atoms with Crippen molar-refractivity contribution in [2.75, 3.05) is 26.5 Å². The number of nitrogens with one attached hydrogen (secondary N) is 1. The first-order valence-electron chi connectivity index (χ1n) is 10.2. The Hall–Kier alpha value is -3.36. The van der Waals surface area contributed by atoms with E-state index in [-0.39, 0.29) is 11.8 Å². The molecule has 0 aliphatic heterocycles. The number of amides is 2. The number of rotatable bonds is 6. The molecule has 0 saturated heterocycles. The molecule has 33 heavy (non-hydrogen) atoms. The fraction of sp³-hybridized carbons (Fsp3) is 0.208. The van der Waals surface area contributed by atoms with Crippen molar-refractivity contribution in [3.8, 4) is 5.75 Å². The number of thiophene rings is 1. The molecule has 0 aliphatic carbocycles. The van der Waals surface area contributed by atoms with E-state index in [4.69, 9.17) is 16.3 Å². The average Bonchev–Trinajstić information content (AvgIpc) is 3.36. The highest BCUT2D eigenvalue weighted by atomic mass is 35.5. The molecular weight excluding hydrogens is 460 g/mol. The summed E-state index contributed by atoms with van der Waals surface area (Å²) in [5.74, 6) is 0.0267. The summed E-state index contributed by atoms with van der Waals surface area (Å²) in [6, 6.07) is 14.4. The summed E-state index contributed by atoms with van der Waals surface area (Å²) >= 11 is 7.68. The summed E-state index contributed by atoms with van der Waals surface area (Å²) in [6.45, 7) is 2.42. The SMILES string of the molecule is COc1ccc(C(=O)N(C)C)cc1NC(=O)c1cc2c(C)nn(Cc3ccccc3Cl)c2s1. The molecule has 0 radical (unpaired) electrons. The number of carbonyl (C=O) groups is 2. The minimum atomic E-state index is -0.285. The minimum Gasteiger partial charge on any atom is -0.495 e. The molecular formula is C24H23ClN4O3S. The number of nitrogens with zero attached hydrogens (tertiary/aromatic N) is 3. The van der Waals surface area contributed by atoms with Crippen molar-refractivity contribution in [1.29, 1.82) is 0 Å². The number of halogens is 1. The third-order valence-electron chi connectivity index (χ3n) is 5.21. The smallest absolute Gasteiger partial charge is 0.265 e. The number of carbonyl (C=O) groups excluding carboxylic acids is 2. The maximum absolute atomic E-state index is 13.1. The molecule has 2 aromatic heterocycles. The summed E-state index contributed by atoms with van der Waals surface area (Å²) < 4.78 is 7.24. The highest BCUT2D eigenvalue weighted by Gasteiger charge is 2.19. The number of aryl methyl sites for hydroxylation is 1. The second kappa shape index (κ2) is 9.25. The molecule has 9 heteroatoms. The first-order valence-corrected chi connectivity index (χ1v) is 11.4. The Morgan fingerprint density at radius 3 is 2.64 bits per heavy atom. The van der Waals surface area contributed by atoms with Gasteiger partial charge in [-0.2, -0.15) is 5.10 Å². The van der Waals surface area contributed by atoms with E-state index in [2.05, 4.69) is 10.4 Å². The number of anilines is 1. The second-order valence-corrected chi connectivity index (χ2v) is 9.17. The van der Waals surface area contributed by atoms with Gasteiger partial charge >= 0.3 is 0 Å². The molecule has 2 amide bonds. The van der Waals surface area contributed by atoms with Gasteiger partial charge in [0.25, 0.3) is 11.8 Å². The number of fused-ring (bicyclic) bond motifs is 1. The molecule has 0 atom stereocenters. The van der Waals surface area contributed by atoms with Crippen LogP contribution in [0.25, 0.3) is 10.2 Å². The van der Waals surface area contributed by atoms with E-state index in [9.17, 15) is 9.59 Å². The summed E-state index contributed by atoms with van der Waals surface area (Å²) in [4.78, 5) is 28.3. The van der Waals surface area contributed by atoms with Crippen LogP contribution in [0.5, 0.6) is 5.75 Å². The number of ether oxygens (including phenoxy) is 1. The number of methoxy groups -OCH3 is 1. The van der Waals surface area contributed by atoms with Crippen LogP contribution in [0, 0.1) is 6.92 Å². The number of aromatic nitrogens is 2. The summed E-state index contributed by atoms with van der Waals surface area (Å²) in [6.07, 6.45) is 0. The van der Waals surface area contributed by atoms with E-state index < -0.39 is 0 Å². The fourth-order valence-corrected chi connectivity index (χ4v) is 4.75. The maximum atomic E-state index is 13.1. The number of benzene rings is 2. The van der Waals surface area contributed by atoms with Crippen LogP contribution >= 0.6 is 22.9 Å². The molecule has 1 N–H and O–H groups in total. The quantitative estimate of drug-likeness (QED) is 0.416. The molecule has 0 aliphatic rings. The van der Waals surface area contributed by atoms with Gasteiger partial charge in [-0.15, -0.1) is 11.3 Å². The molecule has 0 bridgehead atoms. The van der Waals surface area contributed by atoms with E-state index in [1.807, 2.05) is 41.9 Å². The van der Waals surface area contributed by atoms with Crippen molar-refractivity contribution in [2.45, 2.75) is 13.5 Å². The Labute approximate surface area is 200 Å². The summed E-state index contributed by atoms with van der Waals surface area (Å²) in [5, 5.41) is 9.10. The predicted octanol–water partition coefficient (Wildman–Crippen LogP) is 5.07. The van der Waals surface area contributed by atoms with Gasteiger partial charge in [0, 0.05) is 30.1 Å². The Bertz CT molecular complexity index is 1360. The van der Waals surface area contributed by atoms with Gasteiger partial charge in [-0.1, -0.05) is 29.8 Å². The topological polar surface area (TPSA) is 76.5 Å². The van der Waals surface area contributed by atoms with Crippen LogP contribution < -0.4 is 10.1 Å². The maximum Gasteiger partial charge on any atom is 0.265 e. The normalized spacial score (nSPS) is 10.9. The second-order valence-electron chi connectivity index (χ2n) is 7.73. The van der Waals surface area contributed by atoms with E-state index in [1.165, 1.54) is 23.3 Å². The van der Waals surface area contributed by atoms with Gasteiger partial charge in [-0.05, 0) is 42.8 Å². The van der Waals surface area contributed by atoms with E-state index in [0.29, 0.717) is 33.4 Å². The van der Waals surface area contributed by atoms with Crippen LogP contribution in [-0.4, -0.2) is 47.7 Å². The van der Waals surface area contributed by atoms with Gasteiger partial charge < -0.3 is 15.0 Å². The predicted molar refractivity (Wildman–Crippen MR) is 132 cm³/mol. The molecule has 2 heterocycles. The highest BCUT2D eigenvalue weighted by molar-refractivity contribution is 7.20. The van der Waals surface area contributed by atoms with Crippen molar-refractivity contribution in [3.05, 3.63) is 75.3 Å².